The zero-order valence-electron chi connectivity index (χ0n) is 11.6. The minimum Gasteiger partial charge on any atom is -0.357 e. The maximum Gasteiger partial charge on any atom is 0.193 e. The van der Waals surface area contributed by atoms with Gasteiger partial charge in [0.1, 0.15) is 0 Å². The normalized spacial score (nSPS) is 11.0. The lowest BCUT2D eigenvalue weighted by Gasteiger charge is -2.16. The molecule has 0 fully saturated rings. The Morgan fingerprint density at radius 1 is 1.44 bits per heavy atom. The van der Waals surface area contributed by atoms with E-state index >= 15 is 0 Å². The molecular weight excluding hydrogens is 359 g/mol. The fourth-order valence-electron chi connectivity index (χ4n) is 1.40. The highest BCUT2D eigenvalue weighted by Gasteiger charge is 2.02. The summed E-state index contributed by atoms with van der Waals surface area (Å²) in [5.41, 5.74) is 0. The molecule has 0 saturated heterocycles. The number of rotatable bonds is 5. The summed E-state index contributed by atoms with van der Waals surface area (Å²) in [6, 6.07) is 0. The zero-order chi connectivity index (χ0) is 12.7. The molecule has 0 bridgehead atoms. The summed E-state index contributed by atoms with van der Waals surface area (Å²) >= 11 is 1.79. The first-order valence-corrected chi connectivity index (χ1v) is 6.88. The van der Waals surface area contributed by atoms with E-state index in [4.69, 9.17) is 0 Å². The van der Waals surface area contributed by atoms with Crippen molar-refractivity contribution < 1.29 is 0 Å². The first-order chi connectivity index (χ1) is 8.17. The zero-order valence-corrected chi connectivity index (χ0v) is 14.7. The van der Waals surface area contributed by atoms with Gasteiger partial charge in [-0.15, -0.1) is 35.3 Å². The fraction of sp³-hybridized carbons (Fsp3) is 0.667. The average molecular weight is 382 g/mol. The third kappa shape index (κ3) is 5.99. The number of thiazole rings is 1. The van der Waals surface area contributed by atoms with Crippen LogP contribution in [0.2, 0.25) is 0 Å². The standard InChI is InChI=1S/C12H22N4S.HI/c1-5-10-9-15-11(17-10)7-8-14-12(13-6-2)16(3)4;/h9H,5-8H2,1-4H3,(H,13,14);1H. The molecule has 0 spiro atoms. The molecule has 0 unspecified atom stereocenters. The monoisotopic (exact) mass is 382 g/mol. The van der Waals surface area contributed by atoms with Crippen LogP contribution in [0.15, 0.2) is 11.2 Å². The Balaban J connectivity index is 0.00000289. The van der Waals surface area contributed by atoms with Crippen LogP contribution in [0.3, 0.4) is 0 Å². The maximum atomic E-state index is 4.54. The van der Waals surface area contributed by atoms with Crippen molar-refractivity contribution in [2.45, 2.75) is 26.7 Å². The lowest BCUT2D eigenvalue weighted by molar-refractivity contribution is 0.583. The van der Waals surface area contributed by atoms with Crippen LogP contribution in [-0.4, -0.2) is 43.0 Å². The van der Waals surface area contributed by atoms with Crippen LogP contribution in [0.25, 0.3) is 0 Å². The third-order valence-electron chi connectivity index (χ3n) is 2.30. The minimum atomic E-state index is 0. The molecule has 6 heteroatoms. The lowest BCUT2D eigenvalue weighted by Crippen LogP contribution is -2.36. The number of hydrogen-bond donors (Lipinski definition) is 1. The van der Waals surface area contributed by atoms with Crippen molar-refractivity contribution in [2.75, 3.05) is 27.2 Å². The molecular formula is C12H23IN4S. The number of hydrogen-bond acceptors (Lipinski definition) is 3. The first kappa shape index (κ1) is 17.6. The van der Waals surface area contributed by atoms with E-state index in [1.165, 1.54) is 9.88 Å². The molecule has 0 amide bonds. The number of nitrogens with zero attached hydrogens (tertiary/aromatic N) is 3. The van der Waals surface area contributed by atoms with E-state index in [0.29, 0.717) is 0 Å². The Kier molecular flexibility index (Phi) is 9.35. The largest absolute Gasteiger partial charge is 0.357 e. The Morgan fingerprint density at radius 3 is 2.67 bits per heavy atom. The number of aromatic nitrogens is 1. The predicted octanol–water partition coefficient (Wildman–Crippen LogP) is 2.39. The molecule has 0 aliphatic rings. The topological polar surface area (TPSA) is 40.5 Å². The molecule has 1 heterocycles. The smallest absolute Gasteiger partial charge is 0.193 e. The van der Waals surface area contributed by atoms with Crippen molar-refractivity contribution in [1.29, 1.82) is 0 Å². The van der Waals surface area contributed by atoms with E-state index in [1.54, 1.807) is 11.3 Å². The van der Waals surface area contributed by atoms with Gasteiger partial charge in [-0.1, -0.05) is 6.92 Å². The van der Waals surface area contributed by atoms with E-state index in [0.717, 1.165) is 31.9 Å². The van der Waals surface area contributed by atoms with Crippen LogP contribution in [-0.2, 0) is 12.8 Å². The number of nitrogens with one attached hydrogen (secondary N) is 1. The maximum absolute atomic E-state index is 4.54. The number of guanidine groups is 1. The molecule has 104 valence electrons. The van der Waals surface area contributed by atoms with E-state index in [-0.39, 0.29) is 24.0 Å². The Morgan fingerprint density at radius 2 is 2.17 bits per heavy atom. The second-order valence-electron chi connectivity index (χ2n) is 3.95. The molecule has 0 aromatic carbocycles. The van der Waals surface area contributed by atoms with Gasteiger partial charge in [0.15, 0.2) is 5.96 Å². The van der Waals surface area contributed by atoms with E-state index in [9.17, 15) is 0 Å². The van der Waals surface area contributed by atoms with Crippen molar-refractivity contribution in [3.05, 3.63) is 16.1 Å². The lowest BCUT2D eigenvalue weighted by atomic mass is 10.4. The average Bonchev–Trinajstić information content (AvgIpc) is 2.75. The second-order valence-corrected chi connectivity index (χ2v) is 5.15. The van der Waals surface area contributed by atoms with Crippen molar-refractivity contribution in [1.82, 2.24) is 15.2 Å². The molecule has 1 rings (SSSR count). The van der Waals surface area contributed by atoms with Crippen molar-refractivity contribution in [3.8, 4) is 0 Å². The first-order valence-electron chi connectivity index (χ1n) is 6.06. The van der Waals surface area contributed by atoms with Crippen LogP contribution >= 0.6 is 35.3 Å². The summed E-state index contributed by atoms with van der Waals surface area (Å²) in [6.45, 7) is 5.92. The molecule has 1 aromatic heterocycles. The van der Waals surface area contributed by atoms with Gasteiger partial charge in [0, 0.05) is 44.7 Å². The summed E-state index contributed by atoms with van der Waals surface area (Å²) in [5, 5.41) is 4.42. The SMILES string of the molecule is CCNC(=NCCc1ncc(CC)s1)N(C)C.I. The summed E-state index contributed by atoms with van der Waals surface area (Å²) < 4.78 is 0. The van der Waals surface area contributed by atoms with E-state index < -0.39 is 0 Å². The molecule has 4 nitrogen and oxygen atoms in total. The van der Waals surface area contributed by atoms with Crippen molar-refractivity contribution in [2.24, 2.45) is 4.99 Å². The minimum absolute atomic E-state index is 0. The number of aliphatic imine (C=N–C) groups is 1. The van der Waals surface area contributed by atoms with Gasteiger partial charge in [-0.05, 0) is 13.3 Å². The van der Waals surface area contributed by atoms with E-state index in [1.807, 2.05) is 25.2 Å². The van der Waals surface area contributed by atoms with Crippen molar-refractivity contribution in [3.63, 3.8) is 0 Å². The van der Waals surface area contributed by atoms with Gasteiger partial charge in [-0.3, -0.25) is 4.99 Å². The summed E-state index contributed by atoms with van der Waals surface area (Å²) in [7, 11) is 4.00. The number of halogens is 1. The molecule has 0 radical (unpaired) electrons. The quantitative estimate of drug-likeness (QED) is 0.483. The summed E-state index contributed by atoms with van der Waals surface area (Å²) in [4.78, 5) is 12.3. The number of aryl methyl sites for hydroxylation is 1. The van der Waals surface area contributed by atoms with Gasteiger partial charge in [0.25, 0.3) is 0 Å². The Hall–Kier alpha value is -0.370. The highest BCUT2D eigenvalue weighted by molar-refractivity contribution is 14.0. The summed E-state index contributed by atoms with van der Waals surface area (Å²) in [6.07, 6.45) is 3.97. The van der Waals surface area contributed by atoms with Gasteiger partial charge in [-0.25, -0.2) is 4.98 Å². The van der Waals surface area contributed by atoms with Gasteiger partial charge in [0.05, 0.1) is 5.01 Å². The van der Waals surface area contributed by atoms with Crippen LogP contribution < -0.4 is 5.32 Å². The van der Waals surface area contributed by atoms with E-state index in [2.05, 4.69) is 29.1 Å². The van der Waals surface area contributed by atoms with Gasteiger partial charge in [-0.2, -0.15) is 0 Å². The van der Waals surface area contributed by atoms with Gasteiger partial charge < -0.3 is 10.2 Å². The van der Waals surface area contributed by atoms with Crippen LogP contribution in [0.5, 0.6) is 0 Å². The highest BCUT2D eigenvalue weighted by Crippen LogP contribution is 2.13. The fourth-order valence-corrected chi connectivity index (χ4v) is 2.25. The molecule has 1 N–H and O–H groups in total. The van der Waals surface area contributed by atoms with Gasteiger partial charge >= 0.3 is 0 Å². The highest BCUT2D eigenvalue weighted by atomic mass is 127. The Labute approximate surface area is 131 Å². The molecule has 18 heavy (non-hydrogen) atoms. The van der Waals surface area contributed by atoms with Crippen LogP contribution in [0, 0.1) is 0 Å². The molecule has 0 atom stereocenters. The third-order valence-corrected chi connectivity index (χ3v) is 3.50. The summed E-state index contributed by atoms with van der Waals surface area (Å²) in [5.74, 6) is 0.944. The van der Waals surface area contributed by atoms with Gasteiger partial charge in [0.2, 0.25) is 0 Å². The predicted molar refractivity (Wildman–Crippen MR) is 90.3 cm³/mol. The van der Waals surface area contributed by atoms with Crippen LogP contribution in [0.1, 0.15) is 23.7 Å². The molecule has 0 saturated carbocycles. The molecule has 1 aromatic rings. The second kappa shape index (κ2) is 9.55. The Bertz CT molecular complexity index is 363. The van der Waals surface area contributed by atoms with Crippen LogP contribution in [0.4, 0.5) is 0 Å². The molecule has 0 aliphatic heterocycles. The molecule has 0 aliphatic carbocycles. The van der Waals surface area contributed by atoms with Crippen molar-refractivity contribution >= 4 is 41.3 Å².